The third kappa shape index (κ3) is 3.22. The first kappa shape index (κ1) is 13.3. The zero-order valence-corrected chi connectivity index (χ0v) is 11.2. The van der Waals surface area contributed by atoms with Gasteiger partial charge in [0.05, 0.1) is 10.6 Å². The molecule has 0 spiro atoms. The number of halogens is 1. The molecule has 4 nitrogen and oxygen atoms in total. The smallest absolute Gasteiger partial charge is 0.252 e. The summed E-state index contributed by atoms with van der Waals surface area (Å²) in [6.07, 6.45) is 0. The van der Waals surface area contributed by atoms with Crippen LogP contribution in [0.1, 0.15) is 10.4 Å². The summed E-state index contributed by atoms with van der Waals surface area (Å²) in [5, 5.41) is 6.75. The highest BCUT2D eigenvalue weighted by molar-refractivity contribution is 6.33. The molecule has 1 heterocycles. The Bertz CT molecular complexity index is 424. The van der Waals surface area contributed by atoms with Crippen LogP contribution in [-0.4, -0.2) is 50.1 Å². The van der Waals surface area contributed by atoms with Gasteiger partial charge in [-0.1, -0.05) is 23.7 Å². The van der Waals surface area contributed by atoms with Crippen LogP contribution < -0.4 is 10.6 Å². The van der Waals surface area contributed by atoms with Crippen LogP contribution in [0.25, 0.3) is 0 Å². The van der Waals surface area contributed by atoms with Gasteiger partial charge in [0.25, 0.3) is 5.91 Å². The summed E-state index contributed by atoms with van der Waals surface area (Å²) < 4.78 is 0. The van der Waals surface area contributed by atoms with E-state index < -0.39 is 0 Å². The Morgan fingerprint density at radius 2 is 2.33 bits per heavy atom. The molecule has 5 heteroatoms. The molecule has 1 unspecified atom stereocenters. The van der Waals surface area contributed by atoms with Gasteiger partial charge in [-0.15, -0.1) is 0 Å². The lowest BCUT2D eigenvalue weighted by Gasteiger charge is -2.33. The molecule has 0 bridgehead atoms. The maximum atomic E-state index is 12.0. The monoisotopic (exact) mass is 267 g/mol. The summed E-state index contributed by atoms with van der Waals surface area (Å²) >= 11 is 5.99. The number of benzene rings is 1. The minimum atomic E-state index is -0.112. The number of hydrogen-bond acceptors (Lipinski definition) is 3. The van der Waals surface area contributed by atoms with Crippen molar-refractivity contribution in [2.24, 2.45) is 0 Å². The number of rotatable bonds is 3. The van der Waals surface area contributed by atoms with Gasteiger partial charge in [0, 0.05) is 32.2 Å². The second-order valence-corrected chi connectivity index (χ2v) is 4.94. The second kappa shape index (κ2) is 6.18. The normalized spacial score (nSPS) is 20.7. The number of likely N-dealkylation sites (N-methyl/N-ethyl adjacent to an activating group) is 1. The molecule has 1 saturated heterocycles. The zero-order chi connectivity index (χ0) is 13.0. The molecule has 2 rings (SSSR count). The van der Waals surface area contributed by atoms with Crippen LogP contribution in [0.3, 0.4) is 0 Å². The van der Waals surface area contributed by atoms with E-state index in [1.807, 2.05) is 12.1 Å². The molecule has 1 atom stereocenters. The Labute approximate surface area is 112 Å². The minimum Gasteiger partial charge on any atom is -0.350 e. The van der Waals surface area contributed by atoms with Crippen molar-refractivity contribution in [1.82, 2.24) is 15.5 Å². The van der Waals surface area contributed by atoms with E-state index in [9.17, 15) is 4.79 Å². The average molecular weight is 268 g/mol. The summed E-state index contributed by atoms with van der Waals surface area (Å²) in [6, 6.07) is 7.43. The zero-order valence-electron chi connectivity index (χ0n) is 10.4. The Hall–Kier alpha value is -1.10. The fourth-order valence-electron chi connectivity index (χ4n) is 2.04. The van der Waals surface area contributed by atoms with Crippen molar-refractivity contribution in [1.29, 1.82) is 0 Å². The van der Waals surface area contributed by atoms with Crippen LogP contribution in [0.15, 0.2) is 24.3 Å². The summed E-state index contributed by atoms with van der Waals surface area (Å²) in [4.78, 5) is 14.2. The Morgan fingerprint density at radius 3 is 3.06 bits per heavy atom. The highest BCUT2D eigenvalue weighted by atomic mass is 35.5. The molecule has 1 aromatic carbocycles. The van der Waals surface area contributed by atoms with Crippen molar-refractivity contribution >= 4 is 17.5 Å². The van der Waals surface area contributed by atoms with Crippen LogP contribution in [0.2, 0.25) is 5.02 Å². The molecular weight excluding hydrogens is 250 g/mol. The van der Waals surface area contributed by atoms with Crippen LogP contribution >= 0.6 is 11.6 Å². The van der Waals surface area contributed by atoms with Gasteiger partial charge in [-0.05, 0) is 19.2 Å². The molecular formula is C13H18ClN3O. The third-order valence-corrected chi connectivity index (χ3v) is 3.59. The predicted molar refractivity (Wildman–Crippen MR) is 73.1 cm³/mol. The number of carbonyl (C=O) groups excluding carboxylic acids is 1. The molecule has 1 amide bonds. The standard InChI is InChI=1S/C13H18ClN3O/c1-17-7-6-15-8-10(17)9-16-13(18)11-4-2-3-5-12(11)14/h2-5,10,15H,6-9H2,1H3,(H,16,18). The van der Waals surface area contributed by atoms with Crippen LogP contribution in [0.5, 0.6) is 0 Å². The van der Waals surface area contributed by atoms with E-state index >= 15 is 0 Å². The van der Waals surface area contributed by atoms with E-state index in [-0.39, 0.29) is 5.91 Å². The highest BCUT2D eigenvalue weighted by Gasteiger charge is 2.19. The maximum Gasteiger partial charge on any atom is 0.252 e. The van der Waals surface area contributed by atoms with Gasteiger partial charge in [-0.3, -0.25) is 9.69 Å². The first-order valence-electron chi connectivity index (χ1n) is 6.12. The molecule has 98 valence electrons. The lowest BCUT2D eigenvalue weighted by molar-refractivity contribution is 0.0933. The molecule has 1 aliphatic heterocycles. The third-order valence-electron chi connectivity index (χ3n) is 3.26. The Balaban J connectivity index is 1.90. The first-order valence-corrected chi connectivity index (χ1v) is 6.50. The molecule has 0 radical (unpaired) electrons. The highest BCUT2D eigenvalue weighted by Crippen LogP contribution is 2.14. The van der Waals surface area contributed by atoms with E-state index in [0.29, 0.717) is 23.2 Å². The lowest BCUT2D eigenvalue weighted by Crippen LogP contribution is -2.53. The first-order chi connectivity index (χ1) is 8.68. The van der Waals surface area contributed by atoms with E-state index in [4.69, 9.17) is 11.6 Å². The predicted octanol–water partition coefficient (Wildman–Crippen LogP) is 0.973. The van der Waals surface area contributed by atoms with Crippen LogP contribution in [0, 0.1) is 0 Å². The SMILES string of the molecule is CN1CCNCC1CNC(=O)c1ccccc1Cl. The number of piperazine rings is 1. The van der Waals surface area contributed by atoms with Crippen molar-refractivity contribution in [2.45, 2.75) is 6.04 Å². The van der Waals surface area contributed by atoms with Gasteiger partial charge in [-0.2, -0.15) is 0 Å². The van der Waals surface area contributed by atoms with Gasteiger partial charge < -0.3 is 10.6 Å². The lowest BCUT2D eigenvalue weighted by atomic mass is 10.2. The van der Waals surface area contributed by atoms with Gasteiger partial charge in [0.1, 0.15) is 0 Å². The van der Waals surface area contributed by atoms with Gasteiger partial charge in [0.2, 0.25) is 0 Å². The largest absolute Gasteiger partial charge is 0.350 e. The molecule has 2 N–H and O–H groups in total. The number of amides is 1. The average Bonchev–Trinajstić information content (AvgIpc) is 2.38. The number of nitrogens with one attached hydrogen (secondary N) is 2. The number of nitrogens with zero attached hydrogens (tertiary/aromatic N) is 1. The molecule has 1 fully saturated rings. The molecule has 0 saturated carbocycles. The second-order valence-electron chi connectivity index (χ2n) is 4.53. The Morgan fingerprint density at radius 1 is 1.56 bits per heavy atom. The topological polar surface area (TPSA) is 44.4 Å². The molecule has 1 aromatic rings. The Kier molecular flexibility index (Phi) is 4.58. The van der Waals surface area contributed by atoms with Gasteiger partial charge >= 0.3 is 0 Å². The van der Waals surface area contributed by atoms with Crippen LogP contribution in [0.4, 0.5) is 0 Å². The number of hydrogen-bond donors (Lipinski definition) is 2. The molecule has 0 aliphatic carbocycles. The van der Waals surface area contributed by atoms with Gasteiger partial charge in [-0.25, -0.2) is 0 Å². The van der Waals surface area contributed by atoms with E-state index in [2.05, 4.69) is 22.6 Å². The molecule has 0 aromatic heterocycles. The fourth-order valence-corrected chi connectivity index (χ4v) is 2.26. The minimum absolute atomic E-state index is 0.112. The summed E-state index contributed by atoms with van der Waals surface area (Å²) in [5.74, 6) is -0.112. The van der Waals surface area contributed by atoms with Crippen molar-refractivity contribution < 1.29 is 4.79 Å². The number of carbonyl (C=O) groups is 1. The van der Waals surface area contributed by atoms with E-state index in [0.717, 1.165) is 19.6 Å². The quantitative estimate of drug-likeness (QED) is 0.858. The van der Waals surface area contributed by atoms with Crippen molar-refractivity contribution in [3.8, 4) is 0 Å². The van der Waals surface area contributed by atoms with Gasteiger partial charge in [0.15, 0.2) is 0 Å². The summed E-state index contributed by atoms with van der Waals surface area (Å²) in [5.41, 5.74) is 0.533. The van der Waals surface area contributed by atoms with Crippen LogP contribution in [-0.2, 0) is 0 Å². The summed E-state index contributed by atoms with van der Waals surface area (Å²) in [7, 11) is 2.08. The summed E-state index contributed by atoms with van der Waals surface area (Å²) in [6.45, 7) is 3.55. The van der Waals surface area contributed by atoms with Crippen molar-refractivity contribution in [2.75, 3.05) is 33.2 Å². The van der Waals surface area contributed by atoms with Crippen molar-refractivity contribution in [3.05, 3.63) is 34.9 Å². The van der Waals surface area contributed by atoms with E-state index in [1.165, 1.54) is 0 Å². The van der Waals surface area contributed by atoms with Crippen molar-refractivity contribution in [3.63, 3.8) is 0 Å². The molecule has 1 aliphatic rings. The fraction of sp³-hybridized carbons (Fsp3) is 0.462. The molecule has 18 heavy (non-hydrogen) atoms. The maximum absolute atomic E-state index is 12.0. The van der Waals surface area contributed by atoms with E-state index in [1.54, 1.807) is 12.1 Å².